The molecule has 0 heterocycles. The van der Waals surface area contributed by atoms with Crippen molar-refractivity contribution in [3.05, 3.63) is 124 Å². The quantitative estimate of drug-likeness (QED) is 0.415. The standard InChI is InChI=1S/C18H15NOP.C5H5.Fe/c20-21(17-11-3-1-4-12-17,18-13-5-2-6-14-18)19-15-16-9-7-8-10-16;1-2-4-5-3-1;/h1-15H;1-5H;/q;;+2/b19-15+;;. The molecule has 0 N–H and O–H groups in total. The molecule has 10 radical (unpaired) electrons. The van der Waals surface area contributed by atoms with Gasteiger partial charge in [-0.1, -0.05) is 36.4 Å². The van der Waals surface area contributed by atoms with Crippen LogP contribution in [0.1, 0.15) is 0 Å². The number of rotatable bonds is 4. The Bertz CT molecular complexity index is 671. The summed E-state index contributed by atoms with van der Waals surface area (Å²) in [6.45, 7) is 0. The third-order valence-electron chi connectivity index (χ3n) is 3.83. The maximum absolute atomic E-state index is 13.5. The monoisotopic (exact) mass is 413 g/mol. The molecule has 2 nitrogen and oxygen atoms in total. The van der Waals surface area contributed by atoms with E-state index in [4.69, 9.17) is 0 Å². The fraction of sp³-hybridized carbons (Fsp3) is 0. The van der Waals surface area contributed by atoms with Crippen LogP contribution in [-0.4, -0.2) is 6.21 Å². The summed E-state index contributed by atoms with van der Waals surface area (Å²) < 4.78 is 18.0. The van der Waals surface area contributed by atoms with Crippen LogP contribution in [-0.2, 0) is 21.6 Å². The molecule has 27 heavy (non-hydrogen) atoms. The molecule has 4 rings (SSSR count). The van der Waals surface area contributed by atoms with E-state index >= 15 is 0 Å². The SMILES string of the molecule is O=P(/N=C/[C]1[CH][CH][CH][CH]1)(c1ccccc1)c1ccccc1.[CH]1[CH][CH][CH][CH]1.[Fe+2]. The van der Waals surface area contributed by atoms with Crippen LogP contribution in [0.25, 0.3) is 0 Å². The van der Waals surface area contributed by atoms with Crippen LogP contribution >= 0.6 is 7.29 Å². The average molecular weight is 413 g/mol. The molecule has 0 amide bonds. The normalized spacial score (nSPS) is 17.3. The van der Waals surface area contributed by atoms with E-state index in [9.17, 15) is 4.57 Å². The van der Waals surface area contributed by atoms with Crippen LogP contribution in [0.5, 0.6) is 0 Å². The smallest absolute Gasteiger partial charge is 0.288 e. The third kappa shape index (κ3) is 6.46. The summed E-state index contributed by atoms with van der Waals surface area (Å²) in [5.41, 5.74) is 0. The van der Waals surface area contributed by atoms with Crippen molar-refractivity contribution in [2.24, 2.45) is 4.76 Å². The van der Waals surface area contributed by atoms with Crippen molar-refractivity contribution in [1.29, 1.82) is 0 Å². The van der Waals surface area contributed by atoms with Gasteiger partial charge in [-0.05, 0) is 82.1 Å². The Morgan fingerprint density at radius 3 is 1.44 bits per heavy atom. The molecule has 0 atom stereocenters. The molecule has 0 aliphatic heterocycles. The van der Waals surface area contributed by atoms with Gasteiger partial charge in [-0.2, -0.15) is 0 Å². The molecule has 0 unspecified atom stereocenters. The van der Waals surface area contributed by atoms with Crippen molar-refractivity contribution in [3.63, 3.8) is 0 Å². The zero-order valence-electron chi connectivity index (χ0n) is 14.7. The number of nitrogens with zero attached hydrogens (tertiary/aromatic N) is 1. The van der Waals surface area contributed by atoms with Gasteiger partial charge in [0, 0.05) is 22.7 Å². The van der Waals surface area contributed by atoms with Gasteiger partial charge in [0.05, 0.1) is 0 Å². The third-order valence-corrected chi connectivity index (χ3v) is 6.26. The van der Waals surface area contributed by atoms with Gasteiger partial charge in [0.2, 0.25) is 7.29 Å². The maximum Gasteiger partial charge on any atom is 2.00 e. The van der Waals surface area contributed by atoms with Gasteiger partial charge in [-0.3, -0.25) is 4.57 Å². The first kappa shape index (κ1) is 22.2. The Balaban J connectivity index is 0.000000379. The summed E-state index contributed by atoms with van der Waals surface area (Å²) in [7, 11) is -3.00. The van der Waals surface area contributed by atoms with Gasteiger partial charge in [0.15, 0.2) is 0 Å². The van der Waals surface area contributed by atoms with Crippen molar-refractivity contribution in [3.8, 4) is 0 Å². The summed E-state index contributed by atoms with van der Waals surface area (Å²) in [6, 6.07) is 18.9. The first-order valence-electron chi connectivity index (χ1n) is 8.44. The molecule has 2 aliphatic carbocycles. The average Bonchev–Trinajstić information content (AvgIpc) is 3.44. The Morgan fingerprint density at radius 2 is 1.04 bits per heavy atom. The predicted molar refractivity (Wildman–Crippen MR) is 110 cm³/mol. The van der Waals surface area contributed by atoms with E-state index in [0.29, 0.717) is 0 Å². The largest absolute Gasteiger partial charge is 2.00 e. The van der Waals surface area contributed by atoms with Crippen molar-refractivity contribution in [2.75, 3.05) is 0 Å². The van der Waals surface area contributed by atoms with E-state index in [1.54, 1.807) is 6.21 Å². The van der Waals surface area contributed by atoms with Crippen molar-refractivity contribution in [1.82, 2.24) is 0 Å². The van der Waals surface area contributed by atoms with Gasteiger partial charge >= 0.3 is 17.1 Å². The molecule has 0 bridgehead atoms. The number of benzene rings is 2. The fourth-order valence-electron chi connectivity index (χ4n) is 2.49. The molecular weight excluding hydrogens is 393 g/mol. The molecule has 2 aromatic carbocycles. The zero-order valence-corrected chi connectivity index (χ0v) is 16.7. The first-order chi connectivity index (χ1) is 12.8. The number of hydrogen-bond acceptors (Lipinski definition) is 1. The van der Waals surface area contributed by atoms with Gasteiger partial charge in [0.25, 0.3) is 0 Å². The molecular formula is C23H20FeNOP+2. The van der Waals surface area contributed by atoms with E-state index < -0.39 is 7.29 Å². The van der Waals surface area contributed by atoms with Crippen LogP contribution in [0.15, 0.2) is 65.4 Å². The van der Waals surface area contributed by atoms with E-state index in [0.717, 1.165) is 16.5 Å². The van der Waals surface area contributed by atoms with Crippen LogP contribution < -0.4 is 10.6 Å². The van der Waals surface area contributed by atoms with Crippen LogP contribution in [0, 0.1) is 63.7 Å². The fourth-order valence-corrected chi connectivity index (χ4v) is 4.50. The van der Waals surface area contributed by atoms with Crippen molar-refractivity contribution in [2.45, 2.75) is 0 Å². The molecule has 2 aliphatic rings. The molecule has 0 spiro atoms. The molecule has 4 heteroatoms. The van der Waals surface area contributed by atoms with E-state index in [-0.39, 0.29) is 17.1 Å². The Hall–Kier alpha value is -1.14. The summed E-state index contributed by atoms with van der Waals surface area (Å²) in [4.78, 5) is 0. The van der Waals surface area contributed by atoms with E-state index in [2.05, 4.69) is 4.76 Å². The molecule has 2 aromatic rings. The van der Waals surface area contributed by atoms with Gasteiger partial charge in [0.1, 0.15) is 0 Å². The molecule has 2 fully saturated rings. The first-order valence-corrected chi connectivity index (χ1v) is 10.1. The molecule has 0 aromatic heterocycles. The maximum atomic E-state index is 13.5. The summed E-state index contributed by atoms with van der Waals surface area (Å²) in [6.07, 6.45) is 19.5. The van der Waals surface area contributed by atoms with Crippen LogP contribution in [0.2, 0.25) is 0 Å². The van der Waals surface area contributed by atoms with E-state index in [1.807, 2.05) is 118 Å². The second-order valence-corrected chi connectivity index (χ2v) is 8.09. The van der Waals surface area contributed by atoms with Crippen LogP contribution in [0.3, 0.4) is 0 Å². The predicted octanol–water partition coefficient (Wildman–Crippen LogP) is 4.41. The Labute approximate surface area is 174 Å². The van der Waals surface area contributed by atoms with Crippen molar-refractivity contribution >= 4 is 24.1 Å². The second kappa shape index (κ2) is 11.6. The van der Waals surface area contributed by atoms with Crippen LogP contribution in [0.4, 0.5) is 0 Å². The number of hydrogen-bond donors (Lipinski definition) is 0. The Kier molecular flexibility index (Phi) is 9.55. The minimum Gasteiger partial charge on any atom is -0.288 e. The zero-order chi connectivity index (χ0) is 18.1. The molecule has 134 valence electrons. The van der Waals surface area contributed by atoms with Gasteiger partial charge in [-0.15, -0.1) is 0 Å². The minimum absolute atomic E-state index is 0. The molecule has 2 saturated carbocycles. The van der Waals surface area contributed by atoms with Crippen molar-refractivity contribution < 1.29 is 21.6 Å². The summed E-state index contributed by atoms with van der Waals surface area (Å²) in [5.74, 6) is 0.960. The van der Waals surface area contributed by atoms with Gasteiger partial charge in [-0.25, -0.2) is 4.76 Å². The van der Waals surface area contributed by atoms with E-state index in [1.165, 1.54) is 0 Å². The second-order valence-electron chi connectivity index (χ2n) is 5.67. The summed E-state index contributed by atoms with van der Waals surface area (Å²) in [5, 5.41) is 1.50. The topological polar surface area (TPSA) is 29.4 Å². The minimum atomic E-state index is -3.00. The molecule has 0 saturated heterocycles. The van der Waals surface area contributed by atoms with Gasteiger partial charge < -0.3 is 0 Å². The summed E-state index contributed by atoms with van der Waals surface area (Å²) >= 11 is 0. The Morgan fingerprint density at radius 1 is 0.630 bits per heavy atom.